The summed E-state index contributed by atoms with van der Waals surface area (Å²) in [5.74, 6) is 0.357. The third-order valence-corrected chi connectivity index (χ3v) is 2.79. The van der Waals surface area contributed by atoms with E-state index in [0.717, 1.165) is 5.56 Å². The van der Waals surface area contributed by atoms with E-state index in [9.17, 15) is 4.79 Å². The van der Waals surface area contributed by atoms with Crippen LogP contribution in [0.2, 0.25) is 0 Å². The number of carbonyl (C=O) groups is 1. The lowest BCUT2D eigenvalue weighted by Gasteiger charge is -2.06. The Morgan fingerprint density at radius 2 is 1.95 bits per heavy atom. The molecule has 1 amide bonds. The fraction of sp³-hybridized carbons (Fsp3) is 0.200. The van der Waals surface area contributed by atoms with Gasteiger partial charge in [-0.2, -0.15) is 5.26 Å². The van der Waals surface area contributed by atoms with E-state index in [2.05, 4.69) is 26.9 Å². The molecule has 0 aliphatic heterocycles. The molecule has 1 aromatic carbocycles. The highest BCUT2D eigenvalue weighted by molar-refractivity contribution is 5.92. The van der Waals surface area contributed by atoms with Crippen molar-refractivity contribution in [2.45, 2.75) is 13.5 Å². The largest absolute Gasteiger partial charge is 0.365 e. The number of anilines is 1. The SMILES string of the molecule is CCNC(=O)c1ccc(NCc2ccc(C#N)cc2)nn1. The van der Waals surface area contributed by atoms with Crippen molar-refractivity contribution in [1.29, 1.82) is 5.26 Å². The smallest absolute Gasteiger partial charge is 0.271 e. The average Bonchev–Trinajstić information content (AvgIpc) is 2.54. The van der Waals surface area contributed by atoms with Crippen molar-refractivity contribution in [3.63, 3.8) is 0 Å². The van der Waals surface area contributed by atoms with Crippen LogP contribution in [0, 0.1) is 11.3 Å². The van der Waals surface area contributed by atoms with Crippen LogP contribution in [-0.2, 0) is 6.54 Å². The van der Waals surface area contributed by atoms with Gasteiger partial charge in [0.2, 0.25) is 0 Å². The van der Waals surface area contributed by atoms with E-state index < -0.39 is 0 Å². The number of carbonyl (C=O) groups excluding carboxylic acids is 1. The van der Waals surface area contributed by atoms with Crippen molar-refractivity contribution in [3.8, 4) is 6.07 Å². The Bertz CT molecular complexity index is 643. The summed E-state index contributed by atoms with van der Waals surface area (Å²) in [6, 6.07) is 12.7. The third kappa shape index (κ3) is 4.01. The Labute approximate surface area is 122 Å². The van der Waals surface area contributed by atoms with Crippen LogP contribution >= 0.6 is 0 Å². The monoisotopic (exact) mass is 281 g/mol. The van der Waals surface area contributed by atoms with Gasteiger partial charge < -0.3 is 10.6 Å². The van der Waals surface area contributed by atoms with Crippen molar-refractivity contribution < 1.29 is 4.79 Å². The standard InChI is InChI=1S/C15H15N5O/c1-2-17-15(21)13-7-8-14(20-19-13)18-10-12-5-3-11(9-16)4-6-12/h3-8H,2,10H2,1H3,(H,17,21)(H,18,20). The van der Waals surface area contributed by atoms with E-state index in [0.29, 0.717) is 30.2 Å². The number of nitriles is 1. The third-order valence-electron chi connectivity index (χ3n) is 2.79. The molecule has 2 N–H and O–H groups in total. The van der Waals surface area contributed by atoms with Crippen molar-refractivity contribution in [2.75, 3.05) is 11.9 Å². The van der Waals surface area contributed by atoms with Gasteiger partial charge in [0.05, 0.1) is 11.6 Å². The minimum absolute atomic E-state index is 0.233. The Hall–Kier alpha value is -2.94. The van der Waals surface area contributed by atoms with E-state index in [-0.39, 0.29) is 5.91 Å². The Morgan fingerprint density at radius 3 is 2.52 bits per heavy atom. The van der Waals surface area contributed by atoms with Gasteiger partial charge in [-0.05, 0) is 36.8 Å². The van der Waals surface area contributed by atoms with Crippen LogP contribution in [0.4, 0.5) is 5.82 Å². The van der Waals surface area contributed by atoms with E-state index in [1.54, 1.807) is 24.3 Å². The molecule has 0 fully saturated rings. The predicted molar refractivity (Wildman–Crippen MR) is 78.5 cm³/mol. The minimum Gasteiger partial charge on any atom is -0.365 e. The van der Waals surface area contributed by atoms with Crippen molar-refractivity contribution in [3.05, 3.63) is 53.2 Å². The quantitative estimate of drug-likeness (QED) is 0.870. The molecule has 0 aliphatic rings. The number of nitrogens with one attached hydrogen (secondary N) is 2. The van der Waals surface area contributed by atoms with Gasteiger partial charge in [0, 0.05) is 13.1 Å². The summed E-state index contributed by atoms with van der Waals surface area (Å²) in [5.41, 5.74) is 1.95. The number of nitrogens with zero attached hydrogens (tertiary/aromatic N) is 3. The second kappa shape index (κ2) is 7.01. The maximum Gasteiger partial charge on any atom is 0.271 e. The normalized spacial score (nSPS) is 9.71. The molecule has 0 aliphatic carbocycles. The van der Waals surface area contributed by atoms with Crippen LogP contribution in [0.25, 0.3) is 0 Å². The van der Waals surface area contributed by atoms with Gasteiger partial charge in [-0.3, -0.25) is 4.79 Å². The molecular formula is C15H15N5O. The van der Waals surface area contributed by atoms with Gasteiger partial charge in [-0.15, -0.1) is 10.2 Å². The van der Waals surface area contributed by atoms with Crippen LogP contribution in [-0.4, -0.2) is 22.6 Å². The molecule has 0 saturated carbocycles. The molecule has 6 heteroatoms. The lowest BCUT2D eigenvalue weighted by molar-refractivity contribution is 0.0950. The zero-order valence-electron chi connectivity index (χ0n) is 11.6. The van der Waals surface area contributed by atoms with Gasteiger partial charge in [-0.25, -0.2) is 0 Å². The summed E-state index contributed by atoms with van der Waals surface area (Å²) in [6.45, 7) is 2.97. The molecule has 106 valence electrons. The molecule has 1 aromatic heterocycles. The van der Waals surface area contributed by atoms with E-state index >= 15 is 0 Å². The second-order valence-corrected chi connectivity index (χ2v) is 4.33. The lowest BCUT2D eigenvalue weighted by Crippen LogP contribution is -2.24. The topological polar surface area (TPSA) is 90.7 Å². The molecule has 2 aromatic rings. The highest BCUT2D eigenvalue weighted by Gasteiger charge is 2.06. The molecule has 2 rings (SSSR count). The van der Waals surface area contributed by atoms with Gasteiger partial charge in [0.25, 0.3) is 5.91 Å². The fourth-order valence-electron chi connectivity index (χ4n) is 1.69. The number of hydrogen-bond donors (Lipinski definition) is 2. The van der Waals surface area contributed by atoms with Gasteiger partial charge >= 0.3 is 0 Å². The molecule has 21 heavy (non-hydrogen) atoms. The molecule has 0 radical (unpaired) electrons. The summed E-state index contributed by atoms with van der Waals surface area (Å²) in [7, 11) is 0. The maximum absolute atomic E-state index is 11.5. The molecular weight excluding hydrogens is 266 g/mol. The minimum atomic E-state index is -0.233. The highest BCUT2D eigenvalue weighted by atomic mass is 16.1. The van der Waals surface area contributed by atoms with Gasteiger partial charge in [0.1, 0.15) is 5.82 Å². The van der Waals surface area contributed by atoms with Crippen molar-refractivity contribution in [2.24, 2.45) is 0 Å². The Morgan fingerprint density at radius 1 is 1.19 bits per heavy atom. The van der Waals surface area contributed by atoms with Crippen LogP contribution in [0.3, 0.4) is 0 Å². The summed E-state index contributed by atoms with van der Waals surface area (Å²) in [6.07, 6.45) is 0. The summed E-state index contributed by atoms with van der Waals surface area (Å²) in [4.78, 5) is 11.5. The molecule has 0 saturated heterocycles. The van der Waals surface area contributed by atoms with E-state index in [1.165, 1.54) is 0 Å². The number of aromatic nitrogens is 2. The first-order chi connectivity index (χ1) is 10.2. The molecule has 0 unspecified atom stereocenters. The maximum atomic E-state index is 11.5. The summed E-state index contributed by atoms with van der Waals surface area (Å²) >= 11 is 0. The van der Waals surface area contributed by atoms with Crippen LogP contribution < -0.4 is 10.6 Å². The molecule has 0 bridgehead atoms. The predicted octanol–water partition coefficient (Wildman–Crippen LogP) is 1.71. The van der Waals surface area contributed by atoms with Crippen LogP contribution in [0.15, 0.2) is 36.4 Å². The number of hydrogen-bond acceptors (Lipinski definition) is 5. The second-order valence-electron chi connectivity index (χ2n) is 4.33. The van der Waals surface area contributed by atoms with Crippen LogP contribution in [0.1, 0.15) is 28.5 Å². The lowest BCUT2D eigenvalue weighted by atomic mass is 10.1. The number of rotatable bonds is 5. The number of amides is 1. The van der Waals surface area contributed by atoms with Gasteiger partial charge in [0.15, 0.2) is 5.69 Å². The van der Waals surface area contributed by atoms with Crippen molar-refractivity contribution in [1.82, 2.24) is 15.5 Å². The Kier molecular flexibility index (Phi) is 4.83. The summed E-state index contributed by atoms with van der Waals surface area (Å²) in [5, 5.41) is 22.3. The summed E-state index contributed by atoms with van der Waals surface area (Å²) < 4.78 is 0. The van der Waals surface area contributed by atoms with Crippen LogP contribution in [0.5, 0.6) is 0 Å². The fourth-order valence-corrected chi connectivity index (χ4v) is 1.69. The molecule has 6 nitrogen and oxygen atoms in total. The first-order valence-electron chi connectivity index (χ1n) is 6.57. The van der Waals surface area contributed by atoms with Gasteiger partial charge in [-0.1, -0.05) is 12.1 Å². The van der Waals surface area contributed by atoms with E-state index in [4.69, 9.17) is 5.26 Å². The molecule has 0 atom stereocenters. The zero-order valence-corrected chi connectivity index (χ0v) is 11.6. The van der Waals surface area contributed by atoms with Crippen molar-refractivity contribution >= 4 is 11.7 Å². The highest BCUT2D eigenvalue weighted by Crippen LogP contribution is 2.07. The first-order valence-corrected chi connectivity index (χ1v) is 6.57. The average molecular weight is 281 g/mol. The Balaban J connectivity index is 1.94. The van der Waals surface area contributed by atoms with E-state index in [1.807, 2.05) is 19.1 Å². The first kappa shape index (κ1) is 14.5. The molecule has 1 heterocycles. The zero-order chi connectivity index (χ0) is 15.1. The number of benzene rings is 1. The molecule has 0 spiro atoms.